The topological polar surface area (TPSA) is 80.1 Å². The van der Waals surface area contributed by atoms with Crippen molar-refractivity contribution >= 4 is 39.2 Å². The molecule has 3 aromatic rings. The number of carbonyl (C=O) groups is 2. The molecule has 0 aliphatic rings. The van der Waals surface area contributed by atoms with Crippen molar-refractivity contribution in [3.63, 3.8) is 0 Å². The average molecular weight is 438 g/mol. The average Bonchev–Trinajstić information content (AvgIpc) is 2.71. The van der Waals surface area contributed by atoms with Gasteiger partial charge in [-0.05, 0) is 70.9 Å². The van der Waals surface area contributed by atoms with Gasteiger partial charge in [-0.3, -0.25) is 4.79 Å². The molecule has 0 saturated heterocycles. The van der Waals surface area contributed by atoms with Gasteiger partial charge in [-0.15, -0.1) is 10.2 Å². The summed E-state index contributed by atoms with van der Waals surface area (Å²) in [6, 6.07) is 20.8. The number of carbonyl (C=O) groups excluding carboxylic acids is 2. The van der Waals surface area contributed by atoms with Gasteiger partial charge in [0.25, 0.3) is 5.91 Å². The molecule has 6 nitrogen and oxygen atoms in total. The van der Waals surface area contributed by atoms with Crippen molar-refractivity contribution in [3.05, 3.63) is 94.0 Å². The second-order valence-corrected chi connectivity index (χ2v) is 6.69. The highest BCUT2D eigenvalue weighted by Gasteiger charge is 2.11. The highest BCUT2D eigenvalue weighted by Crippen LogP contribution is 2.20. The summed E-state index contributed by atoms with van der Waals surface area (Å²) in [6.07, 6.45) is 0. The van der Waals surface area contributed by atoms with Crippen LogP contribution in [-0.4, -0.2) is 11.9 Å². The zero-order valence-corrected chi connectivity index (χ0v) is 16.5. The van der Waals surface area contributed by atoms with Crippen LogP contribution in [0.5, 0.6) is 0 Å². The van der Waals surface area contributed by atoms with Gasteiger partial charge in [0.1, 0.15) is 0 Å². The van der Waals surface area contributed by atoms with Crippen LogP contribution in [0.15, 0.2) is 87.5 Å². The van der Waals surface area contributed by atoms with Gasteiger partial charge in [-0.1, -0.05) is 30.3 Å². The number of halogens is 1. The maximum Gasteiger partial charge on any atom is 0.363 e. The number of nitrogens with one attached hydrogen (secondary N) is 1. The summed E-state index contributed by atoms with van der Waals surface area (Å²) in [6.45, 7) is 1.85. The van der Waals surface area contributed by atoms with E-state index in [0.717, 1.165) is 5.56 Å². The Bertz CT molecular complexity index is 1030. The molecule has 0 bridgehead atoms. The van der Waals surface area contributed by atoms with Gasteiger partial charge in [0.2, 0.25) is 0 Å². The van der Waals surface area contributed by atoms with Crippen LogP contribution < -0.4 is 5.48 Å². The molecule has 28 heavy (non-hydrogen) atoms. The standard InChI is InChI=1S/C21H16BrN3O3/c1-14-6-2-3-7-17(14)20(26)24-23-15-10-12-16(13-11-15)25-28-21(27)18-8-4-5-9-19(18)22/h2-13,25H,1H3. The Morgan fingerprint density at radius 2 is 1.54 bits per heavy atom. The molecule has 0 heterocycles. The Labute approximate surface area is 170 Å². The number of amides is 1. The molecule has 140 valence electrons. The van der Waals surface area contributed by atoms with Gasteiger partial charge in [0, 0.05) is 10.0 Å². The Morgan fingerprint density at radius 3 is 2.21 bits per heavy atom. The summed E-state index contributed by atoms with van der Waals surface area (Å²) in [5.74, 6) is -0.914. The first-order valence-corrected chi connectivity index (χ1v) is 9.17. The molecule has 0 aliphatic carbocycles. The molecule has 0 aliphatic heterocycles. The van der Waals surface area contributed by atoms with Gasteiger partial charge >= 0.3 is 5.97 Å². The van der Waals surface area contributed by atoms with Crippen molar-refractivity contribution in [1.29, 1.82) is 0 Å². The number of benzene rings is 3. The molecule has 0 spiro atoms. The molecule has 0 aromatic heterocycles. The van der Waals surface area contributed by atoms with Crippen LogP contribution in [0.3, 0.4) is 0 Å². The van der Waals surface area contributed by atoms with Crippen molar-refractivity contribution in [2.45, 2.75) is 6.92 Å². The van der Waals surface area contributed by atoms with Crippen molar-refractivity contribution in [2.24, 2.45) is 10.2 Å². The van der Waals surface area contributed by atoms with Crippen LogP contribution >= 0.6 is 15.9 Å². The van der Waals surface area contributed by atoms with Crippen LogP contribution in [0.2, 0.25) is 0 Å². The zero-order valence-electron chi connectivity index (χ0n) is 14.9. The maximum atomic E-state index is 12.1. The summed E-state index contributed by atoms with van der Waals surface area (Å²) in [5, 5.41) is 7.71. The lowest BCUT2D eigenvalue weighted by molar-refractivity contribution is 0.0595. The van der Waals surface area contributed by atoms with E-state index >= 15 is 0 Å². The summed E-state index contributed by atoms with van der Waals surface area (Å²) in [5.41, 5.74) is 5.42. The fourth-order valence-corrected chi connectivity index (χ4v) is 2.80. The summed E-state index contributed by atoms with van der Waals surface area (Å²) in [7, 11) is 0. The van der Waals surface area contributed by atoms with Gasteiger partial charge in [-0.25, -0.2) is 10.3 Å². The Kier molecular flexibility index (Phi) is 6.29. The lowest BCUT2D eigenvalue weighted by Crippen LogP contribution is -2.11. The molecule has 0 atom stereocenters. The number of anilines is 1. The van der Waals surface area contributed by atoms with Crippen LogP contribution in [0.4, 0.5) is 11.4 Å². The molecular formula is C21H16BrN3O3. The molecule has 0 saturated carbocycles. The largest absolute Gasteiger partial charge is 0.363 e. The fourth-order valence-electron chi connectivity index (χ4n) is 2.35. The third-order valence-electron chi connectivity index (χ3n) is 3.85. The van der Waals surface area contributed by atoms with E-state index in [2.05, 4.69) is 31.6 Å². The molecule has 0 radical (unpaired) electrons. The lowest BCUT2D eigenvalue weighted by Gasteiger charge is -2.07. The first-order valence-electron chi connectivity index (χ1n) is 8.38. The molecule has 1 amide bonds. The number of azo groups is 1. The van der Waals surface area contributed by atoms with Gasteiger partial charge in [0.05, 0.1) is 16.9 Å². The van der Waals surface area contributed by atoms with Gasteiger partial charge < -0.3 is 4.84 Å². The number of nitrogens with zero attached hydrogens (tertiary/aromatic N) is 2. The normalized spacial score (nSPS) is 10.6. The van der Waals surface area contributed by atoms with E-state index < -0.39 is 11.9 Å². The SMILES string of the molecule is Cc1ccccc1C(=O)N=Nc1ccc(NOC(=O)c2ccccc2Br)cc1. The minimum Gasteiger partial charge on any atom is -0.338 e. The smallest absolute Gasteiger partial charge is 0.338 e. The van der Waals surface area contributed by atoms with Crippen molar-refractivity contribution < 1.29 is 14.4 Å². The predicted molar refractivity (Wildman–Crippen MR) is 110 cm³/mol. The lowest BCUT2D eigenvalue weighted by atomic mass is 10.1. The van der Waals surface area contributed by atoms with E-state index in [-0.39, 0.29) is 0 Å². The first-order chi connectivity index (χ1) is 13.5. The van der Waals surface area contributed by atoms with Crippen LogP contribution in [0, 0.1) is 6.92 Å². The summed E-state index contributed by atoms with van der Waals surface area (Å²) < 4.78 is 0.649. The Morgan fingerprint density at radius 1 is 0.893 bits per heavy atom. The van der Waals surface area contributed by atoms with E-state index in [4.69, 9.17) is 4.84 Å². The quantitative estimate of drug-likeness (QED) is 0.399. The first kappa shape index (κ1) is 19.4. The second kappa shape index (κ2) is 9.05. The molecule has 1 N–H and O–H groups in total. The van der Waals surface area contributed by atoms with Crippen molar-refractivity contribution in [3.8, 4) is 0 Å². The molecule has 0 unspecified atom stereocenters. The minimum atomic E-state index is -0.514. The van der Waals surface area contributed by atoms with Crippen molar-refractivity contribution in [2.75, 3.05) is 5.48 Å². The number of hydrogen-bond donors (Lipinski definition) is 1. The van der Waals surface area contributed by atoms with E-state index in [0.29, 0.717) is 27.0 Å². The van der Waals surface area contributed by atoms with Gasteiger partial charge in [-0.2, -0.15) is 0 Å². The van der Waals surface area contributed by atoms with E-state index in [1.165, 1.54) is 0 Å². The second-order valence-electron chi connectivity index (χ2n) is 5.84. The van der Waals surface area contributed by atoms with Gasteiger partial charge in [0.15, 0.2) is 0 Å². The van der Waals surface area contributed by atoms with E-state index in [9.17, 15) is 9.59 Å². The Balaban J connectivity index is 1.59. The third kappa shape index (κ3) is 4.89. The predicted octanol–water partition coefficient (Wildman–Crippen LogP) is 5.87. The van der Waals surface area contributed by atoms with E-state index in [1.807, 2.05) is 25.1 Å². The fraction of sp³-hybridized carbons (Fsp3) is 0.0476. The highest BCUT2D eigenvalue weighted by atomic mass is 79.9. The number of hydrogen-bond acceptors (Lipinski definition) is 5. The monoisotopic (exact) mass is 437 g/mol. The minimum absolute atomic E-state index is 0.400. The third-order valence-corrected chi connectivity index (χ3v) is 4.55. The molecule has 7 heteroatoms. The highest BCUT2D eigenvalue weighted by molar-refractivity contribution is 9.10. The zero-order chi connectivity index (χ0) is 19.9. The van der Waals surface area contributed by atoms with E-state index in [1.54, 1.807) is 54.6 Å². The Hall–Kier alpha value is -3.32. The summed E-state index contributed by atoms with van der Waals surface area (Å²) in [4.78, 5) is 29.2. The number of rotatable bonds is 5. The van der Waals surface area contributed by atoms with Crippen molar-refractivity contribution in [1.82, 2.24) is 0 Å². The maximum absolute atomic E-state index is 12.1. The summed E-state index contributed by atoms with van der Waals surface area (Å²) >= 11 is 3.30. The molecular weight excluding hydrogens is 422 g/mol. The molecule has 3 rings (SSSR count). The van der Waals surface area contributed by atoms with Crippen LogP contribution in [0.25, 0.3) is 0 Å². The molecule has 3 aromatic carbocycles. The molecule has 0 fully saturated rings. The number of aryl methyl sites for hydroxylation is 1. The van der Waals surface area contributed by atoms with Crippen LogP contribution in [-0.2, 0) is 4.84 Å². The van der Waals surface area contributed by atoms with Crippen LogP contribution in [0.1, 0.15) is 26.3 Å².